The van der Waals surface area contributed by atoms with Gasteiger partial charge in [-0.1, -0.05) is 18.2 Å². The molecule has 0 radical (unpaired) electrons. The summed E-state index contributed by atoms with van der Waals surface area (Å²) in [6.07, 6.45) is 2.68. The Balaban J connectivity index is 2.58. The molecule has 28 heavy (non-hydrogen) atoms. The quantitative estimate of drug-likeness (QED) is 0.464. The van der Waals surface area contributed by atoms with Crippen LogP contribution in [0.2, 0.25) is 0 Å². The third-order valence-corrected chi connectivity index (χ3v) is 4.69. The summed E-state index contributed by atoms with van der Waals surface area (Å²) < 4.78 is 30.3. The number of nitrogens with one attached hydrogen (secondary N) is 3. The van der Waals surface area contributed by atoms with Crippen LogP contribution in [-0.2, 0) is 0 Å². The number of aliphatic imine (C=N–C) groups is 2. The van der Waals surface area contributed by atoms with E-state index in [1.165, 1.54) is 17.4 Å². The number of alkyl halides is 2. The molecule has 3 N–H and O–H groups in total. The highest BCUT2D eigenvalue weighted by atomic mass is 32.1. The number of aryl methyl sites for hydroxylation is 2. The van der Waals surface area contributed by atoms with Crippen molar-refractivity contribution in [2.75, 3.05) is 7.05 Å². The zero-order valence-corrected chi connectivity index (χ0v) is 16.5. The molecule has 9 heteroatoms. The molecule has 0 fully saturated rings. The number of thiophene rings is 1. The fourth-order valence-electron chi connectivity index (χ4n) is 2.60. The Morgan fingerprint density at radius 2 is 2.00 bits per heavy atom. The molecule has 2 rings (SSSR count). The van der Waals surface area contributed by atoms with Crippen LogP contribution in [0.15, 0.2) is 46.1 Å². The van der Waals surface area contributed by atoms with Gasteiger partial charge in [-0.3, -0.25) is 0 Å². The molecule has 0 saturated carbocycles. The lowest BCUT2D eigenvalue weighted by atomic mass is 10.0. The highest BCUT2D eigenvalue weighted by molar-refractivity contribution is 7.13. The van der Waals surface area contributed by atoms with Crippen LogP contribution < -0.4 is 15.4 Å². The van der Waals surface area contributed by atoms with Crippen molar-refractivity contribution >= 4 is 35.9 Å². The van der Waals surface area contributed by atoms with Gasteiger partial charge in [0.1, 0.15) is 5.75 Å². The van der Waals surface area contributed by atoms with Gasteiger partial charge in [0, 0.05) is 40.3 Å². The molecule has 0 saturated heterocycles. The molecule has 0 amide bonds. The first-order valence-electron chi connectivity index (χ1n) is 8.25. The molecule has 0 spiro atoms. The van der Waals surface area contributed by atoms with Crippen molar-refractivity contribution in [3.63, 3.8) is 0 Å². The van der Waals surface area contributed by atoms with Gasteiger partial charge in [0.25, 0.3) is 0 Å². The van der Waals surface area contributed by atoms with Crippen molar-refractivity contribution in [2.45, 2.75) is 20.5 Å². The van der Waals surface area contributed by atoms with Crippen LogP contribution in [-0.4, -0.2) is 32.6 Å². The van der Waals surface area contributed by atoms with E-state index in [9.17, 15) is 8.78 Å². The molecule has 2 aromatic rings. The predicted octanol–water partition coefficient (Wildman–Crippen LogP) is 4.62. The SMILES string of the molecule is C=N/C(=N\c1c(C)sc(C)c1-c1ccccc1OC(F)F)N/C(C=N)=C/NC. The first kappa shape index (κ1) is 21.2. The van der Waals surface area contributed by atoms with E-state index in [2.05, 4.69) is 32.1 Å². The smallest absolute Gasteiger partial charge is 0.387 e. The molecule has 1 aromatic carbocycles. The molecular weight excluding hydrogens is 384 g/mol. The van der Waals surface area contributed by atoms with Crippen molar-refractivity contribution in [1.82, 2.24) is 10.6 Å². The lowest BCUT2D eigenvalue weighted by Crippen LogP contribution is -2.22. The molecule has 0 bridgehead atoms. The van der Waals surface area contributed by atoms with Gasteiger partial charge in [0.2, 0.25) is 5.96 Å². The maximum absolute atomic E-state index is 12.8. The van der Waals surface area contributed by atoms with Gasteiger partial charge < -0.3 is 20.8 Å². The van der Waals surface area contributed by atoms with E-state index in [1.54, 1.807) is 31.4 Å². The normalized spacial score (nSPS) is 12.1. The number of para-hydroxylation sites is 1. The first-order chi connectivity index (χ1) is 13.4. The zero-order valence-electron chi connectivity index (χ0n) is 15.7. The lowest BCUT2D eigenvalue weighted by molar-refractivity contribution is -0.0494. The van der Waals surface area contributed by atoms with Crippen molar-refractivity contribution < 1.29 is 13.5 Å². The summed E-state index contributed by atoms with van der Waals surface area (Å²) in [7, 11) is 1.70. The van der Waals surface area contributed by atoms with Crippen LogP contribution in [0.3, 0.4) is 0 Å². The van der Waals surface area contributed by atoms with Crippen LogP contribution in [0.1, 0.15) is 9.75 Å². The van der Waals surface area contributed by atoms with E-state index in [4.69, 9.17) is 5.41 Å². The fraction of sp³-hybridized carbons (Fsp3) is 0.211. The average Bonchev–Trinajstić information content (AvgIpc) is 2.93. The largest absolute Gasteiger partial charge is 0.434 e. The highest BCUT2D eigenvalue weighted by Gasteiger charge is 2.20. The molecule has 0 aliphatic carbocycles. The average molecular weight is 405 g/mol. The molecular formula is C19H21F2N5OS. The summed E-state index contributed by atoms with van der Waals surface area (Å²) in [5.74, 6) is 0.255. The number of allylic oxidation sites excluding steroid dienone is 1. The minimum Gasteiger partial charge on any atom is -0.434 e. The number of hydrogen-bond acceptors (Lipinski definition) is 5. The zero-order chi connectivity index (χ0) is 20.7. The summed E-state index contributed by atoms with van der Waals surface area (Å²) in [5, 5.41) is 13.1. The van der Waals surface area contributed by atoms with Gasteiger partial charge in [-0.25, -0.2) is 9.98 Å². The fourth-order valence-corrected chi connectivity index (χ4v) is 3.62. The summed E-state index contributed by atoms with van der Waals surface area (Å²) in [5.41, 5.74) is 2.22. The molecule has 0 atom stereocenters. The molecule has 0 aliphatic heterocycles. The first-order valence-corrected chi connectivity index (χ1v) is 9.07. The Hall–Kier alpha value is -3.07. The Bertz CT molecular complexity index is 921. The van der Waals surface area contributed by atoms with Crippen LogP contribution in [0, 0.1) is 19.3 Å². The van der Waals surface area contributed by atoms with Gasteiger partial charge in [-0.2, -0.15) is 8.78 Å². The predicted molar refractivity (Wildman–Crippen MR) is 112 cm³/mol. The van der Waals surface area contributed by atoms with E-state index in [0.717, 1.165) is 16.0 Å². The van der Waals surface area contributed by atoms with E-state index < -0.39 is 6.61 Å². The Kier molecular flexibility index (Phi) is 7.39. The molecule has 0 aliphatic rings. The molecule has 1 aromatic heterocycles. The molecule has 0 unspecified atom stereocenters. The maximum atomic E-state index is 12.8. The molecule has 148 valence electrons. The second-order valence-corrected chi connectivity index (χ2v) is 6.99. The van der Waals surface area contributed by atoms with E-state index in [0.29, 0.717) is 22.5 Å². The number of rotatable bonds is 7. The number of benzene rings is 1. The second kappa shape index (κ2) is 9.75. The number of hydrogen-bond donors (Lipinski definition) is 3. The summed E-state index contributed by atoms with van der Waals surface area (Å²) in [4.78, 5) is 10.2. The van der Waals surface area contributed by atoms with Gasteiger partial charge in [-0.15, -0.1) is 11.3 Å². The van der Waals surface area contributed by atoms with E-state index >= 15 is 0 Å². The van der Waals surface area contributed by atoms with E-state index in [-0.39, 0.29) is 11.7 Å². The standard InChI is InChI=1S/C19H21F2N5OS/c1-11-16(14-7-5-6-8-15(14)27-18(20)21)17(12(2)28-11)26-19(24-4)25-13(9-22)10-23-3/h5-10,18,22-23H,4H2,1-3H3,(H,25,26)/b13-10+,22-9?. The summed E-state index contributed by atoms with van der Waals surface area (Å²) in [6.45, 7) is 4.36. The molecule has 6 nitrogen and oxygen atoms in total. The van der Waals surface area contributed by atoms with Crippen LogP contribution in [0.4, 0.5) is 14.5 Å². The lowest BCUT2D eigenvalue weighted by Gasteiger charge is -2.12. The Morgan fingerprint density at radius 1 is 1.29 bits per heavy atom. The molecule has 1 heterocycles. The topological polar surface area (TPSA) is 81.9 Å². The van der Waals surface area contributed by atoms with Crippen molar-refractivity contribution in [3.8, 4) is 16.9 Å². The summed E-state index contributed by atoms with van der Waals surface area (Å²) >= 11 is 1.49. The Morgan fingerprint density at radius 3 is 2.61 bits per heavy atom. The highest BCUT2D eigenvalue weighted by Crippen LogP contribution is 2.45. The Labute approximate surface area is 166 Å². The minimum atomic E-state index is -2.93. The van der Waals surface area contributed by atoms with Crippen LogP contribution >= 0.6 is 11.3 Å². The van der Waals surface area contributed by atoms with Crippen LogP contribution in [0.5, 0.6) is 5.75 Å². The third-order valence-electron chi connectivity index (χ3n) is 3.68. The number of ether oxygens (including phenoxy) is 1. The van der Waals surface area contributed by atoms with Gasteiger partial charge >= 0.3 is 6.61 Å². The number of nitrogens with zero attached hydrogens (tertiary/aromatic N) is 2. The summed E-state index contributed by atoms with van der Waals surface area (Å²) in [6, 6.07) is 6.59. The number of halogens is 2. The van der Waals surface area contributed by atoms with Crippen molar-refractivity contribution in [3.05, 3.63) is 45.9 Å². The number of guanidine groups is 1. The minimum absolute atomic E-state index is 0.0752. The van der Waals surface area contributed by atoms with E-state index in [1.807, 2.05) is 13.8 Å². The van der Waals surface area contributed by atoms with Gasteiger partial charge in [0.15, 0.2) is 0 Å². The van der Waals surface area contributed by atoms with Crippen molar-refractivity contribution in [1.29, 1.82) is 5.41 Å². The second-order valence-electron chi connectivity index (χ2n) is 5.56. The van der Waals surface area contributed by atoms with Crippen LogP contribution in [0.25, 0.3) is 11.1 Å². The van der Waals surface area contributed by atoms with Gasteiger partial charge in [0.05, 0.1) is 11.4 Å². The van der Waals surface area contributed by atoms with Crippen molar-refractivity contribution in [2.24, 2.45) is 9.98 Å². The third kappa shape index (κ3) is 5.01. The van der Waals surface area contributed by atoms with Gasteiger partial charge in [-0.05, 0) is 26.6 Å². The monoisotopic (exact) mass is 405 g/mol. The maximum Gasteiger partial charge on any atom is 0.387 e.